The molecule has 1 aromatic heterocycles. The number of nitrogens with two attached hydrogens (primary N) is 1. The van der Waals surface area contributed by atoms with Crippen LogP contribution in [0.4, 0.5) is 5.69 Å². The lowest BCUT2D eigenvalue weighted by atomic mass is 10.0. The van der Waals surface area contributed by atoms with E-state index in [1.165, 1.54) is 0 Å². The third-order valence-electron chi connectivity index (χ3n) is 3.03. The van der Waals surface area contributed by atoms with Gasteiger partial charge in [0.2, 0.25) is 0 Å². The summed E-state index contributed by atoms with van der Waals surface area (Å²) in [6.07, 6.45) is 1.61. The number of hydrogen-bond donors (Lipinski definition) is 1. The van der Waals surface area contributed by atoms with Crippen molar-refractivity contribution in [3.05, 3.63) is 54.4 Å². The van der Waals surface area contributed by atoms with Gasteiger partial charge in [0.05, 0.1) is 11.2 Å². The number of hydrogen-bond acceptors (Lipinski definition) is 3. The molecule has 0 radical (unpaired) electrons. The molecule has 3 aromatic rings. The van der Waals surface area contributed by atoms with E-state index in [1.807, 2.05) is 36.4 Å². The lowest BCUT2D eigenvalue weighted by Gasteiger charge is -2.07. The first-order valence-corrected chi connectivity index (χ1v) is 5.82. The fourth-order valence-corrected chi connectivity index (χ4v) is 2.15. The number of rotatable bonds is 1. The summed E-state index contributed by atoms with van der Waals surface area (Å²) in [4.78, 5) is 8.74. The average Bonchev–Trinajstić information content (AvgIpc) is 2.39. The molecule has 2 N–H and O–H groups in total. The van der Waals surface area contributed by atoms with Crippen molar-refractivity contribution in [3.8, 4) is 11.3 Å². The van der Waals surface area contributed by atoms with Crippen molar-refractivity contribution < 1.29 is 0 Å². The van der Waals surface area contributed by atoms with Gasteiger partial charge in [-0.3, -0.25) is 0 Å². The van der Waals surface area contributed by atoms with Crippen LogP contribution in [0.25, 0.3) is 22.2 Å². The molecule has 0 aliphatic rings. The minimum Gasteiger partial charge on any atom is -0.399 e. The van der Waals surface area contributed by atoms with Crippen LogP contribution in [0, 0.1) is 6.92 Å². The van der Waals surface area contributed by atoms with E-state index in [-0.39, 0.29) is 0 Å². The van der Waals surface area contributed by atoms with Crippen molar-refractivity contribution in [2.75, 3.05) is 5.73 Å². The zero-order valence-corrected chi connectivity index (χ0v) is 10.1. The Hall–Kier alpha value is -2.42. The number of anilines is 1. The fraction of sp³-hybridized carbons (Fsp3) is 0.0667. The molecule has 0 saturated carbocycles. The zero-order chi connectivity index (χ0) is 12.5. The molecule has 3 rings (SSSR count). The number of benzene rings is 2. The van der Waals surface area contributed by atoms with Gasteiger partial charge in [0.15, 0.2) is 0 Å². The quantitative estimate of drug-likeness (QED) is 0.659. The molecule has 0 spiro atoms. The van der Waals surface area contributed by atoms with Crippen molar-refractivity contribution >= 4 is 16.6 Å². The Morgan fingerprint density at radius 1 is 1.00 bits per heavy atom. The molecular formula is C15H13N3. The first-order chi connectivity index (χ1) is 8.75. The van der Waals surface area contributed by atoms with Crippen molar-refractivity contribution in [2.45, 2.75) is 6.92 Å². The lowest BCUT2D eigenvalue weighted by molar-refractivity contribution is 1.21. The SMILES string of the molecule is Cc1cccc2c(-c3cccc(N)c3)ncnc12. The van der Waals surface area contributed by atoms with E-state index in [0.717, 1.165) is 33.4 Å². The Labute approximate surface area is 105 Å². The highest BCUT2D eigenvalue weighted by atomic mass is 14.8. The van der Waals surface area contributed by atoms with Crippen LogP contribution in [0.3, 0.4) is 0 Å². The number of aryl methyl sites for hydroxylation is 1. The van der Waals surface area contributed by atoms with Gasteiger partial charge in [-0.2, -0.15) is 0 Å². The summed E-state index contributed by atoms with van der Waals surface area (Å²) in [6.45, 7) is 2.05. The Morgan fingerprint density at radius 2 is 1.83 bits per heavy atom. The largest absolute Gasteiger partial charge is 0.399 e. The Kier molecular flexibility index (Phi) is 2.45. The summed E-state index contributed by atoms with van der Waals surface area (Å²) >= 11 is 0. The second-order valence-corrected chi connectivity index (χ2v) is 4.32. The van der Waals surface area contributed by atoms with Crippen LogP contribution in [0.15, 0.2) is 48.8 Å². The van der Waals surface area contributed by atoms with E-state index in [0.29, 0.717) is 0 Å². The molecule has 3 heteroatoms. The highest BCUT2D eigenvalue weighted by Gasteiger charge is 2.07. The maximum absolute atomic E-state index is 5.83. The van der Waals surface area contributed by atoms with Gasteiger partial charge in [0.25, 0.3) is 0 Å². The molecule has 1 heterocycles. The Morgan fingerprint density at radius 3 is 2.67 bits per heavy atom. The van der Waals surface area contributed by atoms with E-state index < -0.39 is 0 Å². The normalized spacial score (nSPS) is 10.7. The monoisotopic (exact) mass is 235 g/mol. The van der Waals surface area contributed by atoms with Gasteiger partial charge in [-0.05, 0) is 24.6 Å². The summed E-state index contributed by atoms with van der Waals surface area (Å²) in [5.74, 6) is 0. The number of para-hydroxylation sites is 1. The maximum atomic E-state index is 5.83. The summed E-state index contributed by atoms with van der Waals surface area (Å²) in [6, 6.07) is 13.9. The number of aromatic nitrogens is 2. The second-order valence-electron chi connectivity index (χ2n) is 4.32. The summed E-state index contributed by atoms with van der Waals surface area (Å²) < 4.78 is 0. The van der Waals surface area contributed by atoms with Gasteiger partial charge in [0.1, 0.15) is 6.33 Å². The summed E-state index contributed by atoms with van der Waals surface area (Å²) in [7, 11) is 0. The second kappa shape index (κ2) is 4.11. The van der Waals surface area contributed by atoms with Gasteiger partial charge in [-0.1, -0.05) is 30.3 Å². The molecule has 18 heavy (non-hydrogen) atoms. The molecule has 3 nitrogen and oxygen atoms in total. The van der Waals surface area contributed by atoms with Gasteiger partial charge >= 0.3 is 0 Å². The molecule has 0 aliphatic heterocycles. The molecule has 2 aromatic carbocycles. The minimum atomic E-state index is 0.743. The van der Waals surface area contributed by atoms with E-state index in [4.69, 9.17) is 5.73 Å². The molecule has 0 atom stereocenters. The highest BCUT2D eigenvalue weighted by Crippen LogP contribution is 2.27. The van der Waals surface area contributed by atoms with Crippen LogP contribution in [-0.2, 0) is 0 Å². The third kappa shape index (κ3) is 1.70. The Balaban J connectivity index is 2.33. The predicted octanol–water partition coefficient (Wildman–Crippen LogP) is 3.19. The zero-order valence-electron chi connectivity index (χ0n) is 10.1. The topological polar surface area (TPSA) is 51.8 Å². The van der Waals surface area contributed by atoms with Crippen LogP contribution in [0.2, 0.25) is 0 Å². The van der Waals surface area contributed by atoms with Crippen molar-refractivity contribution in [2.24, 2.45) is 0 Å². The molecular weight excluding hydrogens is 222 g/mol. The van der Waals surface area contributed by atoms with Gasteiger partial charge < -0.3 is 5.73 Å². The van der Waals surface area contributed by atoms with E-state index in [2.05, 4.69) is 23.0 Å². The molecule has 0 aliphatic carbocycles. The number of nitrogen functional groups attached to an aromatic ring is 1. The number of fused-ring (bicyclic) bond motifs is 1. The Bertz CT molecular complexity index is 720. The molecule has 88 valence electrons. The third-order valence-corrected chi connectivity index (χ3v) is 3.03. The molecule has 0 unspecified atom stereocenters. The van der Waals surface area contributed by atoms with E-state index in [9.17, 15) is 0 Å². The van der Waals surface area contributed by atoms with E-state index in [1.54, 1.807) is 6.33 Å². The molecule has 0 saturated heterocycles. The van der Waals surface area contributed by atoms with Crippen LogP contribution >= 0.6 is 0 Å². The maximum Gasteiger partial charge on any atom is 0.116 e. The van der Waals surface area contributed by atoms with E-state index >= 15 is 0 Å². The van der Waals surface area contributed by atoms with Crippen molar-refractivity contribution in [3.63, 3.8) is 0 Å². The summed E-state index contributed by atoms with van der Waals surface area (Å²) in [5, 5.41) is 1.06. The van der Waals surface area contributed by atoms with Gasteiger partial charge in [-0.15, -0.1) is 0 Å². The molecule has 0 amide bonds. The molecule has 0 fully saturated rings. The van der Waals surface area contributed by atoms with Gasteiger partial charge in [-0.25, -0.2) is 9.97 Å². The van der Waals surface area contributed by atoms with Crippen LogP contribution < -0.4 is 5.73 Å². The highest BCUT2D eigenvalue weighted by molar-refractivity contribution is 5.94. The van der Waals surface area contributed by atoms with Crippen LogP contribution in [0.5, 0.6) is 0 Å². The smallest absolute Gasteiger partial charge is 0.116 e. The average molecular weight is 235 g/mol. The van der Waals surface area contributed by atoms with Crippen molar-refractivity contribution in [1.82, 2.24) is 9.97 Å². The van der Waals surface area contributed by atoms with Gasteiger partial charge in [0, 0.05) is 16.6 Å². The number of nitrogens with zero attached hydrogens (tertiary/aromatic N) is 2. The first-order valence-electron chi connectivity index (χ1n) is 5.82. The standard InChI is InChI=1S/C15H13N3/c1-10-4-2-7-13-14(10)17-9-18-15(13)11-5-3-6-12(16)8-11/h2-9H,16H2,1H3. The first kappa shape index (κ1) is 10.7. The predicted molar refractivity (Wildman–Crippen MR) is 74.1 cm³/mol. The summed E-state index contributed by atoms with van der Waals surface area (Å²) in [5.41, 5.74) is 10.7. The minimum absolute atomic E-state index is 0.743. The van der Waals surface area contributed by atoms with Crippen molar-refractivity contribution in [1.29, 1.82) is 0 Å². The van der Waals surface area contributed by atoms with Crippen LogP contribution in [-0.4, -0.2) is 9.97 Å². The lowest BCUT2D eigenvalue weighted by Crippen LogP contribution is -1.92. The fourth-order valence-electron chi connectivity index (χ4n) is 2.15. The van der Waals surface area contributed by atoms with Crippen LogP contribution in [0.1, 0.15) is 5.56 Å². The molecule has 0 bridgehead atoms.